The lowest BCUT2D eigenvalue weighted by Crippen LogP contribution is -1.82. The molecule has 0 heterocycles. The van der Waals surface area contributed by atoms with E-state index in [1.165, 1.54) is 5.56 Å². The number of alkyl halides is 1. The van der Waals surface area contributed by atoms with Gasteiger partial charge in [0.1, 0.15) is 5.75 Å². The smallest absolute Gasteiger partial charge is 0.118 e. The normalized spacial score (nSPS) is 8.11. The number of anilines is 1. The number of nitrogen functional groups attached to an aromatic ring is 1. The highest BCUT2D eigenvalue weighted by atomic mass is 79.9. The molecule has 0 unspecified atom stereocenters. The van der Waals surface area contributed by atoms with Crippen LogP contribution < -0.4 is 10.5 Å². The second-order valence-electron chi connectivity index (χ2n) is 3.39. The lowest BCUT2D eigenvalue weighted by molar-refractivity contribution is 0.414. The second-order valence-corrected chi connectivity index (χ2v) is 3.95. The van der Waals surface area contributed by atoms with Crippen molar-refractivity contribution in [3.05, 3.63) is 60.2 Å². The van der Waals surface area contributed by atoms with Gasteiger partial charge in [0.05, 0.1) is 7.11 Å². The number of para-hydroxylation sites is 1. The van der Waals surface area contributed by atoms with Gasteiger partial charge in [-0.3, -0.25) is 0 Å². The first-order valence-corrected chi connectivity index (χ1v) is 6.38. The predicted molar refractivity (Wildman–Crippen MR) is 91.0 cm³/mol. The summed E-state index contributed by atoms with van der Waals surface area (Å²) in [5, 5.41) is 0.900. The molecule has 0 aliphatic rings. The van der Waals surface area contributed by atoms with Crippen molar-refractivity contribution in [2.24, 2.45) is 0 Å². The van der Waals surface area contributed by atoms with Crippen LogP contribution in [0.25, 0.3) is 0 Å². The molecular formula is C14H18BrCl2NO. The molecule has 0 aliphatic carbocycles. The van der Waals surface area contributed by atoms with Gasteiger partial charge in [0.15, 0.2) is 0 Å². The first-order valence-electron chi connectivity index (χ1n) is 5.25. The number of methoxy groups -OCH3 is 1. The predicted octanol–water partition coefficient (Wildman–Crippen LogP) is 4.70. The zero-order valence-electron chi connectivity index (χ0n) is 10.6. The minimum absolute atomic E-state index is 0. The number of hydrogen-bond acceptors (Lipinski definition) is 2. The van der Waals surface area contributed by atoms with Gasteiger partial charge in [0, 0.05) is 11.0 Å². The first kappa shape index (κ1) is 20.4. The molecule has 0 spiro atoms. The molecule has 2 aromatic carbocycles. The maximum Gasteiger partial charge on any atom is 0.118 e. The minimum Gasteiger partial charge on any atom is -0.497 e. The van der Waals surface area contributed by atoms with E-state index in [-0.39, 0.29) is 24.8 Å². The molecule has 0 amide bonds. The van der Waals surface area contributed by atoms with Gasteiger partial charge in [-0.2, -0.15) is 0 Å². The van der Waals surface area contributed by atoms with Crippen molar-refractivity contribution in [2.45, 2.75) is 5.33 Å². The van der Waals surface area contributed by atoms with Crippen LogP contribution in [0.2, 0.25) is 0 Å². The maximum absolute atomic E-state index is 5.36. The number of hydrogen-bond donors (Lipinski definition) is 1. The Morgan fingerprint density at radius 3 is 1.79 bits per heavy atom. The molecule has 2 N–H and O–H groups in total. The molecule has 19 heavy (non-hydrogen) atoms. The molecule has 5 heteroatoms. The molecule has 2 nitrogen and oxygen atoms in total. The zero-order valence-corrected chi connectivity index (χ0v) is 13.8. The lowest BCUT2D eigenvalue weighted by atomic mass is 10.2. The van der Waals surface area contributed by atoms with E-state index < -0.39 is 0 Å². The summed E-state index contributed by atoms with van der Waals surface area (Å²) in [7, 11) is 1.67. The standard InChI is InChI=1S/C8H9BrO.C6H7N.2ClH/c1-10-8-4-2-7(6-9)3-5-8;7-6-4-2-1-3-5-6;;/h2-5H,6H2,1H3;1-5H,7H2;2*1H. The average Bonchev–Trinajstić information content (AvgIpc) is 2.40. The van der Waals surface area contributed by atoms with E-state index in [0.29, 0.717) is 0 Å². The Labute approximate surface area is 135 Å². The van der Waals surface area contributed by atoms with E-state index in [9.17, 15) is 0 Å². The fraction of sp³-hybridized carbons (Fsp3) is 0.143. The number of nitrogens with two attached hydrogens (primary N) is 1. The first-order chi connectivity index (χ1) is 8.26. The molecule has 0 bridgehead atoms. The van der Waals surface area contributed by atoms with Crippen LogP contribution in [0.15, 0.2) is 54.6 Å². The van der Waals surface area contributed by atoms with Crippen molar-refractivity contribution in [2.75, 3.05) is 12.8 Å². The van der Waals surface area contributed by atoms with Gasteiger partial charge in [-0.25, -0.2) is 0 Å². The molecule has 0 saturated carbocycles. The summed E-state index contributed by atoms with van der Waals surface area (Å²) >= 11 is 3.36. The number of halogens is 3. The van der Waals surface area contributed by atoms with Crippen molar-refractivity contribution < 1.29 is 4.74 Å². The lowest BCUT2D eigenvalue weighted by Gasteiger charge is -1.98. The molecule has 2 rings (SSSR count). The van der Waals surface area contributed by atoms with E-state index in [1.807, 2.05) is 54.6 Å². The summed E-state index contributed by atoms with van der Waals surface area (Å²) in [5.74, 6) is 0.907. The van der Waals surface area contributed by atoms with Crippen LogP contribution in [0.5, 0.6) is 5.75 Å². The summed E-state index contributed by atoms with van der Waals surface area (Å²) < 4.78 is 5.00. The maximum atomic E-state index is 5.36. The van der Waals surface area contributed by atoms with Gasteiger partial charge in [0.25, 0.3) is 0 Å². The highest BCUT2D eigenvalue weighted by Crippen LogP contribution is 2.12. The van der Waals surface area contributed by atoms with Crippen LogP contribution in [-0.2, 0) is 5.33 Å². The van der Waals surface area contributed by atoms with Crippen LogP contribution >= 0.6 is 40.7 Å². The van der Waals surface area contributed by atoms with Gasteiger partial charge in [-0.1, -0.05) is 46.3 Å². The van der Waals surface area contributed by atoms with Crippen molar-refractivity contribution in [3.63, 3.8) is 0 Å². The molecule has 0 radical (unpaired) electrons. The van der Waals surface area contributed by atoms with Crippen LogP contribution in [0.3, 0.4) is 0 Å². The molecule has 0 saturated heterocycles. The summed E-state index contributed by atoms with van der Waals surface area (Å²) in [6, 6.07) is 17.5. The van der Waals surface area contributed by atoms with E-state index in [0.717, 1.165) is 16.8 Å². The number of rotatable bonds is 2. The van der Waals surface area contributed by atoms with Crippen molar-refractivity contribution in [1.82, 2.24) is 0 Å². The minimum atomic E-state index is 0. The number of ether oxygens (including phenoxy) is 1. The van der Waals surface area contributed by atoms with Crippen LogP contribution in [-0.4, -0.2) is 7.11 Å². The zero-order chi connectivity index (χ0) is 12.5. The fourth-order valence-electron chi connectivity index (χ4n) is 1.17. The highest BCUT2D eigenvalue weighted by molar-refractivity contribution is 9.08. The van der Waals surface area contributed by atoms with Gasteiger partial charge < -0.3 is 10.5 Å². The van der Waals surface area contributed by atoms with Crippen molar-refractivity contribution >= 4 is 46.4 Å². The van der Waals surface area contributed by atoms with Gasteiger partial charge in [0.2, 0.25) is 0 Å². The van der Waals surface area contributed by atoms with Gasteiger partial charge >= 0.3 is 0 Å². The molecule has 0 atom stereocenters. The quantitative estimate of drug-likeness (QED) is 0.617. The van der Waals surface area contributed by atoms with Crippen LogP contribution in [0.4, 0.5) is 5.69 Å². The summed E-state index contributed by atoms with van der Waals surface area (Å²) in [6.07, 6.45) is 0. The third-order valence-electron chi connectivity index (χ3n) is 2.11. The van der Waals surface area contributed by atoms with Crippen molar-refractivity contribution in [3.8, 4) is 5.75 Å². The molecule has 106 valence electrons. The highest BCUT2D eigenvalue weighted by Gasteiger charge is 1.89. The summed E-state index contributed by atoms with van der Waals surface area (Å²) in [6.45, 7) is 0. The monoisotopic (exact) mass is 365 g/mol. The van der Waals surface area contributed by atoms with Gasteiger partial charge in [-0.15, -0.1) is 24.8 Å². The fourth-order valence-corrected chi connectivity index (χ4v) is 1.54. The van der Waals surface area contributed by atoms with Crippen molar-refractivity contribution in [1.29, 1.82) is 0 Å². The van der Waals surface area contributed by atoms with E-state index in [1.54, 1.807) is 7.11 Å². The second kappa shape index (κ2) is 12.2. The Kier molecular flexibility index (Phi) is 13.1. The molecule has 2 aromatic rings. The van der Waals surface area contributed by atoms with E-state index >= 15 is 0 Å². The third kappa shape index (κ3) is 8.76. The molecular weight excluding hydrogens is 349 g/mol. The van der Waals surface area contributed by atoms with E-state index in [2.05, 4.69) is 15.9 Å². The Hall–Kier alpha value is -0.900. The Bertz CT molecular complexity index is 400. The van der Waals surface area contributed by atoms with Crippen LogP contribution in [0, 0.1) is 0 Å². The van der Waals surface area contributed by atoms with E-state index in [4.69, 9.17) is 10.5 Å². The summed E-state index contributed by atoms with van der Waals surface area (Å²) in [4.78, 5) is 0. The number of benzene rings is 2. The third-order valence-corrected chi connectivity index (χ3v) is 2.76. The Morgan fingerprint density at radius 1 is 0.947 bits per heavy atom. The summed E-state index contributed by atoms with van der Waals surface area (Å²) in [5.41, 5.74) is 7.44. The van der Waals surface area contributed by atoms with Gasteiger partial charge in [-0.05, 0) is 29.8 Å². The molecule has 0 aromatic heterocycles. The van der Waals surface area contributed by atoms with Crippen LogP contribution in [0.1, 0.15) is 5.56 Å². The average molecular weight is 367 g/mol. The Balaban J connectivity index is 0. The molecule has 0 fully saturated rings. The Morgan fingerprint density at radius 2 is 1.47 bits per heavy atom. The topological polar surface area (TPSA) is 35.2 Å². The SMILES string of the molecule is COc1ccc(CBr)cc1.Cl.Cl.Nc1ccccc1. The largest absolute Gasteiger partial charge is 0.497 e. The molecule has 0 aliphatic heterocycles.